The summed E-state index contributed by atoms with van der Waals surface area (Å²) in [5.41, 5.74) is 2.22. The first kappa shape index (κ1) is 21.3. The standard InChI is InChI=1S/C21H21BrClN3O.ClH/c22-17-6-7-18(19(23)13-17)21-24-20(27-25-21)14-26-10-8-16(9-11-26)12-15-4-2-1-3-5-15;/h1-7,13,16H,8-12,14H2;1H. The smallest absolute Gasteiger partial charge is 0.241 e. The highest BCUT2D eigenvalue weighted by Gasteiger charge is 2.21. The van der Waals surface area contributed by atoms with E-state index in [1.54, 1.807) is 0 Å². The maximum absolute atomic E-state index is 6.29. The van der Waals surface area contributed by atoms with Gasteiger partial charge in [0, 0.05) is 10.0 Å². The topological polar surface area (TPSA) is 42.2 Å². The van der Waals surface area contributed by atoms with Crippen LogP contribution >= 0.6 is 39.9 Å². The van der Waals surface area contributed by atoms with Crippen LogP contribution in [0.5, 0.6) is 0 Å². The van der Waals surface area contributed by atoms with Gasteiger partial charge in [-0.05, 0) is 62.0 Å². The summed E-state index contributed by atoms with van der Waals surface area (Å²) >= 11 is 9.70. The zero-order chi connectivity index (χ0) is 18.6. The van der Waals surface area contributed by atoms with Crippen LogP contribution in [0.4, 0.5) is 0 Å². The molecule has 0 amide bonds. The third-order valence-electron chi connectivity index (χ3n) is 5.07. The predicted molar refractivity (Wildman–Crippen MR) is 118 cm³/mol. The monoisotopic (exact) mass is 481 g/mol. The van der Waals surface area contributed by atoms with Gasteiger partial charge in [-0.1, -0.05) is 63.0 Å². The molecular weight excluding hydrogens is 461 g/mol. The van der Waals surface area contributed by atoms with E-state index in [2.05, 4.69) is 61.3 Å². The highest BCUT2D eigenvalue weighted by Crippen LogP contribution is 2.29. The molecule has 4 nitrogen and oxygen atoms in total. The van der Waals surface area contributed by atoms with Crippen molar-refractivity contribution in [2.45, 2.75) is 25.8 Å². The van der Waals surface area contributed by atoms with Gasteiger partial charge in [-0.25, -0.2) is 0 Å². The maximum atomic E-state index is 6.29. The number of rotatable bonds is 5. The van der Waals surface area contributed by atoms with Crippen molar-refractivity contribution in [1.82, 2.24) is 15.0 Å². The summed E-state index contributed by atoms with van der Waals surface area (Å²) in [6.07, 6.45) is 3.57. The van der Waals surface area contributed by atoms with Crippen molar-refractivity contribution in [2.75, 3.05) is 13.1 Å². The van der Waals surface area contributed by atoms with Gasteiger partial charge < -0.3 is 4.52 Å². The van der Waals surface area contributed by atoms with Gasteiger partial charge in [0.15, 0.2) is 0 Å². The molecule has 0 saturated carbocycles. The van der Waals surface area contributed by atoms with E-state index in [-0.39, 0.29) is 12.4 Å². The van der Waals surface area contributed by atoms with Crippen molar-refractivity contribution in [3.8, 4) is 11.4 Å². The number of halogens is 3. The van der Waals surface area contributed by atoms with E-state index in [1.165, 1.54) is 24.8 Å². The van der Waals surface area contributed by atoms with E-state index in [9.17, 15) is 0 Å². The van der Waals surface area contributed by atoms with E-state index < -0.39 is 0 Å². The molecule has 28 heavy (non-hydrogen) atoms. The second-order valence-corrected chi connectivity index (χ2v) is 8.37. The number of piperidine rings is 1. The number of hydrogen-bond donors (Lipinski definition) is 0. The summed E-state index contributed by atoms with van der Waals surface area (Å²) in [4.78, 5) is 6.92. The minimum absolute atomic E-state index is 0. The first-order valence-corrected chi connectivity index (χ1v) is 10.4. The van der Waals surface area contributed by atoms with Crippen LogP contribution in [0.3, 0.4) is 0 Å². The summed E-state index contributed by atoms with van der Waals surface area (Å²) in [7, 11) is 0. The Labute approximate surface area is 184 Å². The molecule has 1 aliphatic heterocycles. The number of benzene rings is 2. The largest absolute Gasteiger partial charge is 0.338 e. The average molecular weight is 483 g/mol. The fourth-order valence-corrected chi connectivity index (χ4v) is 4.34. The van der Waals surface area contributed by atoms with Crippen LogP contribution in [-0.2, 0) is 13.0 Å². The molecule has 0 bridgehead atoms. The average Bonchev–Trinajstić information content (AvgIpc) is 3.12. The minimum atomic E-state index is 0. The van der Waals surface area contributed by atoms with Crippen LogP contribution in [-0.4, -0.2) is 28.1 Å². The molecule has 4 rings (SSSR count). The van der Waals surface area contributed by atoms with E-state index in [4.69, 9.17) is 16.1 Å². The molecule has 1 aliphatic rings. The van der Waals surface area contributed by atoms with Crippen molar-refractivity contribution in [3.05, 3.63) is 69.5 Å². The summed E-state index contributed by atoms with van der Waals surface area (Å²) < 4.78 is 6.39. The lowest BCUT2D eigenvalue weighted by Gasteiger charge is -2.31. The van der Waals surface area contributed by atoms with E-state index in [0.29, 0.717) is 23.3 Å². The van der Waals surface area contributed by atoms with Crippen molar-refractivity contribution in [2.24, 2.45) is 5.92 Å². The molecular formula is C21H22BrCl2N3O. The Morgan fingerprint density at radius 1 is 1.11 bits per heavy atom. The normalized spacial score (nSPS) is 15.4. The lowest BCUT2D eigenvalue weighted by atomic mass is 9.90. The summed E-state index contributed by atoms with van der Waals surface area (Å²) in [5, 5.41) is 4.71. The summed E-state index contributed by atoms with van der Waals surface area (Å²) in [6.45, 7) is 2.82. The third-order valence-corrected chi connectivity index (χ3v) is 5.88. The van der Waals surface area contributed by atoms with E-state index >= 15 is 0 Å². The van der Waals surface area contributed by atoms with Gasteiger partial charge in [0.1, 0.15) is 0 Å². The van der Waals surface area contributed by atoms with Gasteiger partial charge in [-0.3, -0.25) is 4.90 Å². The lowest BCUT2D eigenvalue weighted by molar-refractivity contribution is 0.159. The summed E-state index contributed by atoms with van der Waals surface area (Å²) in [5.74, 6) is 1.94. The number of likely N-dealkylation sites (tertiary alicyclic amines) is 1. The predicted octanol–water partition coefficient (Wildman–Crippen LogP) is 6.03. The van der Waals surface area contributed by atoms with Gasteiger partial charge in [-0.15, -0.1) is 12.4 Å². The number of nitrogens with zero attached hydrogens (tertiary/aromatic N) is 3. The first-order valence-electron chi connectivity index (χ1n) is 9.21. The van der Waals surface area contributed by atoms with Crippen molar-refractivity contribution < 1.29 is 4.52 Å². The molecule has 1 saturated heterocycles. The van der Waals surface area contributed by atoms with Gasteiger partial charge in [0.05, 0.1) is 11.6 Å². The molecule has 0 unspecified atom stereocenters. The van der Waals surface area contributed by atoms with Crippen molar-refractivity contribution in [3.63, 3.8) is 0 Å². The molecule has 148 valence electrons. The second kappa shape index (κ2) is 9.88. The van der Waals surface area contributed by atoms with Gasteiger partial charge in [0.2, 0.25) is 11.7 Å². The quantitative estimate of drug-likeness (QED) is 0.445. The van der Waals surface area contributed by atoms with Gasteiger partial charge >= 0.3 is 0 Å². The Kier molecular flexibility index (Phi) is 7.52. The Morgan fingerprint density at radius 2 is 1.86 bits per heavy atom. The van der Waals surface area contributed by atoms with Crippen LogP contribution in [0.15, 0.2) is 57.5 Å². The molecule has 7 heteroatoms. The molecule has 2 aromatic carbocycles. The van der Waals surface area contributed by atoms with Crippen LogP contribution in [0, 0.1) is 5.92 Å². The molecule has 0 atom stereocenters. The third kappa shape index (κ3) is 5.35. The second-order valence-electron chi connectivity index (χ2n) is 7.05. The lowest BCUT2D eigenvalue weighted by Crippen LogP contribution is -2.33. The zero-order valence-corrected chi connectivity index (χ0v) is 18.5. The highest BCUT2D eigenvalue weighted by atomic mass is 79.9. The Bertz CT molecular complexity index is 896. The molecule has 1 fully saturated rings. The molecule has 3 aromatic rings. The van der Waals surface area contributed by atoms with Crippen LogP contribution in [0.2, 0.25) is 5.02 Å². The van der Waals surface area contributed by atoms with Crippen LogP contribution < -0.4 is 0 Å². The molecule has 0 aliphatic carbocycles. The SMILES string of the molecule is Cl.Clc1cc(Br)ccc1-c1noc(CN2CCC(Cc3ccccc3)CC2)n1. The van der Waals surface area contributed by atoms with Gasteiger partial charge in [-0.2, -0.15) is 4.98 Å². The Morgan fingerprint density at radius 3 is 2.57 bits per heavy atom. The van der Waals surface area contributed by atoms with Crippen LogP contribution in [0.25, 0.3) is 11.4 Å². The first-order chi connectivity index (χ1) is 13.2. The molecule has 1 aromatic heterocycles. The summed E-state index contributed by atoms with van der Waals surface area (Å²) in [6, 6.07) is 16.4. The number of hydrogen-bond acceptors (Lipinski definition) is 4. The fourth-order valence-electron chi connectivity index (χ4n) is 3.59. The highest BCUT2D eigenvalue weighted by molar-refractivity contribution is 9.10. The van der Waals surface area contributed by atoms with Crippen molar-refractivity contribution >= 4 is 39.9 Å². The molecule has 0 N–H and O–H groups in total. The molecule has 2 heterocycles. The number of aromatic nitrogens is 2. The fraction of sp³-hybridized carbons (Fsp3) is 0.333. The van der Waals surface area contributed by atoms with Crippen molar-refractivity contribution in [1.29, 1.82) is 0 Å². The molecule has 0 radical (unpaired) electrons. The molecule has 0 spiro atoms. The van der Waals surface area contributed by atoms with E-state index in [1.807, 2.05) is 18.2 Å². The Balaban J connectivity index is 0.00000225. The van der Waals surface area contributed by atoms with E-state index in [0.717, 1.165) is 29.0 Å². The maximum Gasteiger partial charge on any atom is 0.241 e. The Hall–Kier alpha value is -1.40. The van der Waals surface area contributed by atoms with Crippen LogP contribution in [0.1, 0.15) is 24.3 Å². The minimum Gasteiger partial charge on any atom is -0.338 e. The van der Waals surface area contributed by atoms with Gasteiger partial charge in [0.25, 0.3) is 0 Å². The zero-order valence-electron chi connectivity index (χ0n) is 15.4.